The Morgan fingerprint density at radius 3 is 1.76 bits per heavy atom. The third-order valence-corrected chi connectivity index (χ3v) is 19.3. The molecule has 0 bridgehead atoms. The van der Waals surface area contributed by atoms with Crippen molar-refractivity contribution in [2.45, 2.75) is 211 Å². The van der Waals surface area contributed by atoms with Crippen molar-refractivity contribution in [3.05, 3.63) is 11.6 Å². The van der Waals surface area contributed by atoms with Gasteiger partial charge in [0.1, 0.15) is 78.7 Å². The van der Waals surface area contributed by atoms with Gasteiger partial charge in [0.2, 0.25) is 6.29 Å². The van der Waals surface area contributed by atoms with Crippen molar-refractivity contribution < 1.29 is 94.5 Å². The number of allylic oxidation sites excluding steroid dienone is 2. The Morgan fingerprint density at radius 2 is 1.16 bits per heavy atom. The number of fused-ring (bicyclic) bond motifs is 7. The summed E-state index contributed by atoms with van der Waals surface area (Å²) in [7, 11) is 0. The molecule has 0 amide bonds. The molecule has 4 saturated carbocycles. The van der Waals surface area contributed by atoms with Crippen LogP contribution in [0.1, 0.15) is 106 Å². The molecule has 12 N–H and O–H groups in total. The monoisotopic (exact) mass is 959 g/mol. The van der Waals surface area contributed by atoms with Gasteiger partial charge in [-0.3, -0.25) is 4.79 Å². The minimum Gasteiger partial charge on any atom is -0.432 e. The van der Waals surface area contributed by atoms with Gasteiger partial charge in [-0.15, -0.1) is 0 Å². The maximum absolute atomic E-state index is 14.7. The van der Waals surface area contributed by atoms with Crippen molar-refractivity contribution in [2.75, 3.05) is 19.8 Å². The average molecular weight is 959 g/mol. The van der Waals surface area contributed by atoms with Crippen molar-refractivity contribution in [2.24, 2.45) is 50.2 Å². The molecular formula is C48H78O19. The number of esters is 1. The quantitative estimate of drug-likeness (QED) is 0.0758. The topological polar surface area (TPSA) is 315 Å². The summed E-state index contributed by atoms with van der Waals surface area (Å²) in [6, 6.07) is 0. The Balaban J connectivity index is 1.06. The molecule has 5 aliphatic carbocycles. The standard InChI is InChI=1S/C48H78O19/c1-43(2)14-15-48(42(61)67-40-37(60)34(57)31(54)24(19-50)63-40)22(16-43)21-8-9-27-45(5)12-11-29(44(3,4)26(45)10-13-46(27,6)47(21,7)17-28(48)52)65-41-38(35(58)32(55)25(20-51)64-41)66-39-36(59)33(56)30(53)23(18-49)62-39/h8,22-41,49-60H,9-20H2,1-7H3/t22-,23-,24-,25-,26+,27+,28-,29-,30-,31-,32-,33+,34+,35+,36-,37-,38-,39+,40+,41+,45+,46-,47-,48-/m1/s1. The molecule has 3 heterocycles. The van der Waals surface area contributed by atoms with E-state index in [9.17, 15) is 66.1 Å². The van der Waals surface area contributed by atoms with Gasteiger partial charge in [-0.1, -0.05) is 60.1 Å². The fraction of sp³-hybridized carbons (Fsp3) is 0.938. The van der Waals surface area contributed by atoms with Crippen LogP contribution in [0.4, 0.5) is 0 Å². The van der Waals surface area contributed by atoms with Crippen molar-refractivity contribution in [3.8, 4) is 0 Å². The lowest BCUT2D eigenvalue weighted by atomic mass is 9.33. The van der Waals surface area contributed by atoms with Gasteiger partial charge in [-0.05, 0) is 103 Å². The molecule has 19 nitrogen and oxygen atoms in total. The molecule has 7 fully saturated rings. The maximum atomic E-state index is 14.7. The number of ether oxygens (including phenoxy) is 6. The van der Waals surface area contributed by atoms with Crippen LogP contribution in [0, 0.1) is 50.2 Å². The molecule has 0 spiro atoms. The van der Waals surface area contributed by atoms with Crippen LogP contribution in [-0.4, -0.2) is 191 Å². The molecule has 0 aromatic heterocycles. The molecule has 3 saturated heterocycles. The minimum absolute atomic E-state index is 0.0858. The lowest BCUT2D eigenvalue weighted by molar-refractivity contribution is -0.378. The summed E-state index contributed by atoms with van der Waals surface area (Å²) in [6.45, 7) is 13.5. The second kappa shape index (κ2) is 18.2. The van der Waals surface area contributed by atoms with E-state index in [0.717, 1.165) is 24.8 Å². The van der Waals surface area contributed by atoms with E-state index >= 15 is 0 Å². The van der Waals surface area contributed by atoms with Crippen LogP contribution in [-0.2, 0) is 33.2 Å². The van der Waals surface area contributed by atoms with Gasteiger partial charge in [0.25, 0.3) is 0 Å². The minimum atomic E-state index is -1.80. The van der Waals surface area contributed by atoms with Crippen LogP contribution in [0.2, 0.25) is 0 Å². The van der Waals surface area contributed by atoms with Crippen molar-refractivity contribution in [1.29, 1.82) is 0 Å². The SMILES string of the molecule is CC1(C)CC[C@]2(C(=O)O[C@@H]3O[C@H](CO)[C@@H](O)[C@H](O)[C@H]3O)[C@H](O)C[C@]3(C)C(=CC[C@H]4[C@@]5(C)CC[C@@H](O[C@@H]6O[C@H](CO)[C@@H](O)[C@H](O)[C@H]6O[C@@H]6O[C@H](CO)[C@@H](O)[C@H](O)[C@H]6O)C(C)(C)[C@@H]5CC[C@]43C)[C@H]2C1. The number of carbonyl (C=O) groups excluding carboxylic acids is 1. The summed E-state index contributed by atoms with van der Waals surface area (Å²) in [5.41, 5.74) is -2.13. The van der Waals surface area contributed by atoms with Gasteiger partial charge in [0, 0.05) is 0 Å². The normalized spacial score (nSPS) is 53.8. The summed E-state index contributed by atoms with van der Waals surface area (Å²) in [6.07, 6.45) is -17.7. The highest BCUT2D eigenvalue weighted by Crippen LogP contribution is 2.76. The summed E-state index contributed by atoms with van der Waals surface area (Å²) >= 11 is 0. The first-order chi connectivity index (χ1) is 31.3. The predicted molar refractivity (Wildman–Crippen MR) is 232 cm³/mol. The Morgan fingerprint density at radius 1 is 0.612 bits per heavy atom. The van der Waals surface area contributed by atoms with Gasteiger partial charge < -0.3 is 89.7 Å². The van der Waals surface area contributed by atoms with Crippen molar-refractivity contribution >= 4 is 5.97 Å². The molecule has 3 aliphatic heterocycles. The van der Waals surface area contributed by atoms with Crippen LogP contribution < -0.4 is 0 Å². The molecule has 0 unspecified atom stereocenters. The van der Waals surface area contributed by atoms with Gasteiger partial charge in [-0.2, -0.15) is 0 Å². The highest BCUT2D eigenvalue weighted by atomic mass is 16.8. The van der Waals surface area contributed by atoms with Crippen LogP contribution >= 0.6 is 0 Å². The zero-order valence-electron chi connectivity index (χ0n) is 39.8. The molecule has 0 radical (unpaired) electrons. The highest BCUT2D eigenvalue weighted by molar-refractivity contribution is 5.80. The molecule has 0 aromatic carbocycles. The number of carbonyl (C=O) groups is 1. The van der Waals surface area contributed by atoms with Gasteiger partial charge >= 0.3 is 5.97 Å². The fourth-order valence-corrected chi connectivity index (χ4v) is 15.1. The first kappa shape index (κ1) is 51.9. The molecule has 0 aromatic rings. The lowest BCUT2D eigenvalue weighted by Gasteiger charge is -2.71. The smallest absolute Gasteiger partial charge is 0.317 e. The molecule has 384 valence electrons. The maximum Gasteiger partial charge on any atom is 0.317 e. The first-order valence-electron chi connectivity index (χ1n) is 24.4. The fourth-order valence-electron chi connectivity index (χ4n) is 15.1. The van der Waals surface area contributed by atoms with Gasteiger partial charge in [0.15, 0.2) is 12.6 Å². The number of hydrogen-bond acceptors (Lipinski definition) is 19. The molecule has 19 heteroatoms. The summed E-state index contributed by atoms with van der Waals surface area (Å²) in [5.74, 6) is -0.945. The largest absolute Gasteiger partial charge is 0.432 e. The molecular weight excluding hydrogens is 881 g/mol. The Hall–Kier alpha value is -1.47. The molecule has 24 atom stereocenters. The zero-order chi connectivity index (χ0) is 49.1. The van der Waals surface area contributed by atoms with Gasteiger partial charge in [0.05, 0.1) is 32.0 Å². The van der Waals surface area contributed by atoms with E-state index in [-0.39, 0.29) is 34.5 Å². The van der Waals surface area contributed by atoms with E-state index in [4.69, 9.17) is 28.4 Å². The second-order valence-corrected chi connectivity index (χ2v) is 23.6. The van der Waals surface area contributed by atoms with Crippen LogP contribution in [0.3, 0.4) is 0 Å². The number of rotatable bonds is 9. The first-order valence-corrected chi connectivity index (χ1v) is 24.4. The van der Waals surface area contributed by atoms with E-state index in [1.54, 1.807) is 0 Å². The summed E-state index contributed by atoms with van der Waals surface area (Å²) in [5, 5.41) is 128. The van der Waals surface area contributed by atoms with Crippen molar-refractivity contribution in [3.63, 3.8) is 0 Å². The molecule has 8 rings (SSSR count). The predicted octanol–water partition coefficient (Wildman–Crippen LogP) is -0.889. The van der Waals surface area contributed by atoms with Gasteiger partial charge in [-0.25, -0.2) is 0 Å². The zero-order valence-corrected chi connectivity index (χ0v) is 39.8. The number of hydrogen-bond donors (Lipinski definition) is 12. The van der Waals surface area contributed by atoms with E-state index in [0.29, 0.717) is 32.1 Å². The number of aliphatic hydroxyl groups excluding tert-OH is 12. The Bertz CT molecular complexity index is 1830. The van der Waals surface area contributed by atoms with E-state index in [1.807, 2.05) is 0 Å². The van der Waals surface area contributed by atoms with E-state index < -0.39 is 152 Å². The summed E-state index contributed by atoms with van der Waals surface area (Å²) in [4.78, 5) is 14.7. The van der Waals surface area contributed by atoms with E-state index in [1.165, 1.54) is 0 Å². The Kier molecular flexibility index (Phi) is 14.1. The summed E-state index contributed by atoms with van der Waals surface area (Å²) < 4.78 is 36.0. The average Bonchev–Trinajstić information content (AvgIpc) is 3.27. The number of aliphatic hydroxyl groups is 12. The third kappa shape index (κ3) is 8.01. The van der Waals surface area contributed by atoms with E-state index in [2.05, 4.69) is 54.5 Å². The molecule has 8 aliphatic rings. The van der Waals surface area contributed by atoms with Crippen LogP contribution in [0.25, 0.3) is 0 Å². The highest BCUT2D eigenvalue weighted by Gasteiger charge is 2.72. The van der Waals surface area contributed by atoms with Crippen LogP contribution in [0.5, 0.6) is 0 Å². The molecule has 67 heavy (non-hydrogen) atoms. The third-order valence-electron chi connectivity index (χ3n) is 19.3. The Labute approximate surface area is 392 Å². The lowest BCUT2D eigenvalue weighted by Crippen LogP contribution is -2.68. The van der Waals surface area contributed by atoms with Crippen molar-refractivity contribution in [1.82, 2.24) is 0 Å². The second-order valence-electron chi connectivity index (χ2n) is 23.6. The van der Waals surface area contributed by atoms with Crippen LogP contribution in [0.15, 0.2) is 11.6 Å².